The van der Waals surface area contributed by atoms with E-state index < -0.39 is 31.4 Å². The number of pyridine rings is 1. The number of aliphatic hydroxyl groups excluding tert-OH is 1. The lowest BCUT2D eigenvalue weighted by atomic mass is 9.59. The van der Waals surface area contributed by atoms with Gasteiger partial charge in [0.15, 0.2) is 11.4 Å². The van der Waals surface area contributed by atoms with Crippen molar-refractivity contribution in [3.8, 4) is 11.6 Å². The fraction of sp³-hybridized carbons (Fsp3) is 0.519. The van der Waals surface area contributed by atoms with Crippen LogP contribution in [-0.2, 0) is 14.8 Å². The van der Waals surface area contributed by atoms with Crippen LogP contribution in [0.4, 0.5) is 28.4 Å². The Balaban J connectivity index is 0.834. The lowest BCUT2D eigenvalue weighted by molar-refractivity contribution is -0.384. The molecule has 18 heteroatoms. The number of nitro groups is 1. The van der Waals surface area contributed by atoms with E-state index in [0.717, 1.165) is 62.5 Å². The van der Waals surface area contributed by atoms with E-state index in [1.807, 2.05) is 35.4 Å². The van der Waals surface area contributed by atoms with Crippen LogP contribution in [0.15, 0.2) is 77.8 Å². The number of aromatic amines is 1. The Kier molecular flexibility index (Phi) is 12.1. The zero-order chi connectivity index (χ0) is 49.5. The average Bonchev–Trinajstić information content (AvgIpc) is 4.06. The predicted octanol–water partition coefficient (Wildman–Crippen LogP) is 8.71. The Labute approximate surface area is 419 Å². The zero-order valence-corrected chi connectivity index (χ0v) is 41.7. The molecule has 2 aromatic heterocycles. The fourth-order valence-electron chi connectivity index (χ4n) is 13.3. The fourth-order valence-corrected chi connectivity index (χ4v) is 14.3. The van der Waals surface area contributed by atoms with Gasteiger partial charge < -0.3 is 39.4 Å². The van der Waals surface area contributed by atoms with Gasteiger partial charge in [-0.15, -0.1) is 0 Å². The summed E-state index contributed by atoms with van der Waals surface area (Å²) < 4.78 is 49.7. The normalized spacial score (nSPS) is 26.2. The summed E-state index contributed by atoms with van der Waals surface area (Å²) in [5.74, 6) is 0.110. The highest BCUT2D eigenvalue weighted by atomic mass is 32.2. The maximum atomic E-state index is 14.8. The first-order chi connectivity index (χ1) is 34.8. The number of aromatic nitrogens is 2. The molecule has 72 heavy (non-hydrogen) atoms. The van der Waals surface area contributed by atoms with Crippen LogP contribution in [-0.4, -0.2) is 109 Å². The van der Waals surface area contributed by atoms with Gasteiger partial charge in [-0.3, -0.25) is 19.8 Å². The molecule has 4 N–H and O–H groups in total. The first-order valence-corrected chi connectivity index (χ1v) is 27.5. The monoisotopic (exact) mass is 1000 g/mol. The average molecular weight is 1000 g/mol. The number of ether oxygens (including phenoxy) is 3. The molecule has 7 heterocycles. The number of benzene rings is 3. The Hall–Kier alpha value is -5.95. The van der Waals surface area contributed by atoms with Crippen LogP contribution in [0.25, 0.3) is 11.0 Å². The second-order valence-corrected chi connectivity index (χ2v) is 23.4. The lowest BCUT2D eigenvalue weighted by Gasteiger charge is -2.56. The van der Waals surface area contributed by atoms with E-state index in [9.17, 15) is 28.4 Å². The number of anilines is 4. The number of likely N-dealkylation sites (tertiary alicyclic amines) is 1. The molecule has 380 valence electrons. The summed E-state index contributed by atoms with van der Waals surface area (Å²) in [7, 11) is -4.70. The van der Waals surface area contributed by atoms with Gasteiger partial charge in [-0.05, 0) is 129 Å². The first-order valence-electron chi connectivity index (χ1n) is 26.0. The van der Waals surface area contributed by atoms with Crippen molar-refractivity contribution in [2.75, 3.05) is 54.6 Å². The number of fused-ring (bicyclic) bond motifs is 4. The van der Waals surface area contributed by atoms with E-state index in [-0.39, 0.29) is 59.2 Å². The largest absolute Gasteiger partial charge is 0.489 e. The summed E-state index contributed by atoms with van der Waals surface area (Å²) in [4.78, 5) is 41.5. The number of nitrogens with one attached hydrogen (secondary N) is 3. The van der Waals surface area contributed by atoms with Gasteiger partial charge in [0.1, 0.15) is 24.0 Å². The molecule has 0 unspecified atom stereocenters. The standard InChI is InChI=1S/C54H64N8O9S/c1-32(2)39-6-3-4-7-40(39)43-8-5-20-60(43)36-28-54(29-36)17-21-59(22-18-54)35-11-14-41(44(25-35)61-46-24-34-15-19-55-51(34)57-53(46)71-48-16-23-69-31-47(48)61)52(64)58-72(67,68)38-26-45(62(65)66)50-49(27-38)70-30-42(56-50)33-9-12-37(63)13-10-33/h3-4,6-7,11,14-15,19,24-27,32-33,36-37,42-43,47-48,56,63H,5,8-10,12-13,16-18,20-23,28-31H2,1-2H3,(H,55,57)(H,58,64)/t33?,37?,42-,43+,47-,48-/m1/s1. The van der Waals surface area contributed by atoms with Crippen molar-refractivity contribution in [3.63, 3.8) is 0 Å². The molecule has 1 spiro atoms. The van der Waals surface area contributed by atoms with Crippen molar-refractivity contribution in [3.05, 3.63) is 99.7 Å². The summed E-state index contributed by atoms with van der Waals surface area (Å²) in [5.41, 5.74) is 5.60. The van der Waals surface area contributed by atoms with Gasteiger partial charge in [0.25, 0.3) is 21.6 Å². The van der Waals surface area contributed by atoms with E-state index in [1.54, 1.807) is 6.07 Å². The van der Waals surface area contributed by atoms with Gasteiger partial charge in [-0.1, -0.05) is 38.1 Å². The number of carbonyl (C=O) groups excluding carboxylic acids is 1. The minimum Gasteiger partial charge on any atom is -0.489 e. The zero-order valence-electron chi connectivity index (χ0n) is 40.9. The van der Waals surface area contributed by atoms with Crippen molar-refractivity contribution in [2.24, 2.45) is 11.3 Å². The highest BCUT2D eigenvalue weighted by Crippen LogP contribution is 2.55. The maximum absolute atomic E-state index is 14.8. The molecule has 0 bridgehead atoms. The number of amides is 1. The molecule has 0 radical (unpaired) electrons. The van der Waals surface area contributed by atoms with Crippen LogP contribution in [0.3, 0.4) is 0 Å². The summed E-state index contributed by atoms with van der Waals surface area (Å²) >= 11 is 0. The van der Waals surface area contributed by atoms with Crippen molar-refractivity contribution < 1.29 is 37.5 Å². The van der Waals surface area contributed by atoms with E-state index in [2.05, 4.69) is 62.9 Å². The maximum Gasteiger partial charge on any atom is 0.297 e. The molecule has 12 rings (SSSR count). The molecule has 5 aliphatic heterocycles. The van der Waals surface area contributed by atoms with Gasteiger partial charge >= 0.3 is 0 Å². The number of nitro benzene ring substituents is 1. The summed E-state index contributed by atoms with van der Waals surface area (Å²) in [6, 6.07) is 21.1. The van der Waals surface area contributed by atoms with Gasteiger partial charge in [0.05, 0.1) is 52.5 Å². The summed E-state index contributed by atoms with van der Waals surface area (Å²) in [5, 5.41) is 26.7. The van der Waals surface area contributed by atoms with E-state index in [1.165, 1.54) is 42.9 Å². The number of sulfonamides is 1. The molecule has 2 saturated carbocycles. The topological polar surface area (TPSA) is 205 Å². The SMILES string of the molecule is CC(C)c1ccccc1[C@@H]1CCCN1C1CC2(CCN(c3ccc(C(=O)NS(=O)(=O)c4cc5c(c([N+](=O)[O-])c4)N[C@@H](C4CCC(O)CC4)CO5)c(N4c5cc6cc[nH]c6nc5O[C@@H]5CCOC[C@H]54)c3)CC2)C1. The number of nitrogens with zero attached hydrogens (tertiary/aromatic N) is 5. The molecule has 1 amide bonds. The Morgan fingerprint density at radius 3 is 2.56 bits per heavy atom. The highest BCUT2D eigenvalue weighted by molar-refractivity contribution is 7.90. The smallest absolute Gasteiger partial charge is 0.297 e. The van der Waals surface area contributed by atoms with Crippen LogP contribution in [0, 0.1) is 21.4 Å². The lowest BCUT2D eigenvalue weighted by Crippen LogP contribution is -2.55. The van der Waals surface area contributed by atoms with Gasteiger partial charge in [0, 0.05) is 61.0 Å². The molecule has 17 nitrogen and oxygen atoms in total. The first kappa shape index (κ1) is 47.1. The second-order valence-electron chi connectivity index (χ2n) is 21.8. The Bertz CT molecular complexity index is 3010. The summed E-state index contributed by atoms with van der Waals surface area (Å²) in [6.45, 7) is 8.35. The molecular weight excluding hydrogens is 937 g/mol. The quantitative estimate of drug-likeness (QED) is 0.0764. The Morgan fingerprint density at radius 2 is 1.76 bits per heavy atom. The number of carbonyl (C=O) groups is 1. The van der Waals surface area contributed by atoms with E-state index in [0.29, 0.717) is 73.4 Å². The minimum atomic E-state index is -4.70. The van der Waals surface area contributed by atoms with Crippen LogP contribution < -0.4 is 29.3 Å². The number of aliphatic hydroxyl groups is 1. The molecule has 5 aromatic rings. The molecule has 3 saturated heterocycles. The van der Waals surface area contributed by atoms with E-state index >= 15 is 0 Å². The number of hydrogen-bond acceptors (Lipinski definition) is 14. The third-order valence-corrected chi connectivity index (χ3v) is 18.5. The molecule has 7 aliphatic rings. The Morgan fingerprint density at radius 1 is 0.958 bits per heavy atom. The third kappa shape index (κ3) is 8.50. The molecule has 4 atom stereocenters. The van der Waals surface area contributed by atoms with Crippen LogP contribution in [0.2, 0.25) is 0 Å². The van der Waals surface area contributed by atoms with Gasteiger partial charge in [-0.2, -0.15) is 4.98 Å². The predicted molar refractivity (Wildman–Crippen MR) is 273 cm³/mol. The van der Waals surface area contributed by atoms with Crippen molar-refractivity contribution >= 4 is 55.4 Å². The number of H-pyrrole nitrogens is 1. The number of piperidine rings is 1. The summed E-state index contributed by atoms with van der Waals surface area (Å²) in [6.07, 6.45) is 11.3. The van der Waals surface area contributed by atoms with Crippen LogP contribution >= 0.6 is 0 Å². The number of hydrogen-bond donors (Lipinski definition) is 4. The van der Waals surface area contributed by atoms with Crippen molar-refractivity contribution in [1.29, 1.82) is 0 Å². The van der Waals surface area contributed by atoms with E-state index in [4.69, 9.17) is 19.2 Å². The van der Waals surface area contributed by atoms with Crippen molar-refractivity contribution in [1.82, 2.24) is 19.6 Å². The van der Waals surface area contributed by atoms with Crippen molar-refractivity contribution in [2.45, 2.75) is 132 Å². The van der Waals surface area contributed by atoms with Crippen LogP contribution in [0.1, 0.15) is 118 Å². The van der Waals surface area contributed by atoms with Gasteiger partial charge in [-0.25, -0.2) is 13.1 Å². The molecule has 5 fully saturated rings. The molecule has 3 aromatic carbocycles. The minimum absolute atomic E-state index is 0.0133. The highest BCUT2D eigenvalue weighted by Gasteiger charge is 2.50. The number of rotatable bonds is 10. The molecule has 2 aliphatic carbocycles. The second kappa shape index (κ2) is 18.5. The third-order valence-electron chi connectivity index (χ3n) is 17.2. The van der Waals surface area contributed by atoms with Gasteiger partial charge in [0.2, 0.25) is 5.88 Å². The van der Waals surface area contributed by atoms with Crippen LogP contribution in [0.5, 0.6) is 11.6 Å². The molecular formula is C54H64N8O9S.